The van der Waals surface area contributed by atoms with Crippen LogP contribution < -0.4 is 14.5 Å². The second-order valence-corrected chi connectivity index (χ2v) is 6.34. The monoisotopic (exact) mass is 356 g/mol. The zero-order chi connectivity index (χ0) is 17.8. The van der Waals surface area contributed by atoms with Crippen LogP contribution >= 0.6 is 0 Å². The highest BCUT2D eigenvalue weighted by Gasteiger charge is 2.20. The van der Waals surface area contributed by atoms with Crippen LogP contribution in [0.15, 0.2) is 30.3 Å². The van der Waals surface area contributed by atoms with Gasteiger partial charge in [0.05, 0.1) is 39.2 Å². The van der Waals surface area contributed by atoms with Crippen molar-refractivity contribution in [3.63, 3.8) is 0 Å². The molecular formula is C19H24N4O3. The van der Waals surface area contributed by atoms with E-state index in [1.165, 1.54) is 0 Å². The van der Waals surface area contributed by atoms with Crippen LogP contribution in [-0.2, 0) is 9.47 Å². The van der Waals surface area contributed by atoms with Gasteiger partial charge in [-0.3, -0.25) is 0 Å². The van der Waals surface area contributed by atoms with Gasteiger partial charge in [0.2, 0.25) is 5.95 Å². The van der Waals surface area contributed by atoms with Gasteiger partial charge in [0, 0.05) is 37.8 Å². The number of nitrogens with zero attached hydrogens (tertiary/aromatic N) is 4. The molecule has 4 rings (SSSR count). The van der Waals surface area contributed by atoms with Gasteiger partial charge in [-0.05, 0) is 12.1 Å². The van der Waals surface area contributed by atoms with Crippen LogP contribution in [0, 0.1) is 0 Å². The Morgan fingerprint density at radius 1 is 0.885 bits per heavy atom. The van der Waals surface area contributed by atoms with Crippen LogP contribution in [0.4, 0.5) is 11.8 Å². The highest BCUT2D eigenvalue weighted by molar-refractivity contribution is 5.66. The summed E-state index contributed by atoms with van der Waals surface area (Å²) in [5.74, 6) is 2.53. The summed E-state index contributed by atoms with van der Waals surface area (Å²) in [6.07, 6.45) is 0. The summed E-state index contributed by atoms with van der Waals surface area (Å²) < 4.78 is 16.3. The molecule has 2 saturated heterocycles. The molecular weight excluding hydrogens is 332 g/mol. The molecule has 0 N–H and O–H groups in total. The summed E-state index contributed by atoms with van der Waals surface area (Å²) in [5.41, 5.74) is 1.93. The minimum absolute atomic E-state index is 0.708. The molecule has 138 valence electrons. The largest absolute Gasteiger partial charge is 0.497 e. The third-order valence-electron chi connectivity index (χ3n) is 4.70. The normalized spacial score (nSPS) is 18.0. The Balaban J connectivity index is 1.73. The number of morpholine rings is 2. The first kappa shape index (κ1) is 17.1. The van der Waals surface area contributed by atoms with Crippen molar-refractivity contribution < 1.29 is 14.2 Å². The van der Waals surface area contributed by atoms with Crippen molar-refractivity contribution in [2.45, 2.75) is 0 Å². The standard InChI is InChI=1S/C19H24N4O3/c1-24-16-4-2-3-15(13-16)17-14-18(22-5-9-25-10-6-22)21-19(20-17)23-7-11-26-12-8-23/h2-4,13-14H,5-12H2,1H3. The SMILES string of the molecule is COc1cccc(-c2cc(N3CCOCC3)nc(N3CCOCC3)n2)c1. The summed E-state index contributed by atoms with van der Waals surface area (Å²) in [5, 5.41) is 0. The van der Waals surface area contributed by atoms with E-state index in [1.54, 1.807) is 7.11 Å². The molecule has 7 heteroatoms. The highest BCUT2D eigenvalue weighted by atomic mass is 16.5. The molecule has 0 bridgehead atoms. The summed E-state index contributed by atoms with van der Waals surface area (Å²) in [6.45, 7) is 6.18. The van der Waals surface area contributed by atoms with Gasteiger partial charge >= 0.3 is 0 Å². The van der Waals surface area contributed by atoms with Crippen molar-refractivity contribution in [1.29, 1.82) is 0 Å². The molecule has 2 aliphatic rings. The number of benzene rings is 1. The fraction of sp³-hybridized carbons (Fsp3) is 0.474. The van der Waals surface area contributed by atoms with E-state index in [9.17, 15) is 0 Å². The van der Waals surface area contributed by atoms with Crippen molar-refractivity contribution in [3.05, 3.63) is 30.3 Å². The van der Waals surface area contributed by atoms with Gasteiger partial charge in [-0.1, -0.05) is 12.1 Å². The van der Waals surface area contributed by atoms with Crippen LogP contribution in [0.1, 0.15) is 0 Å². The molecule has 0 saturated carbocycles. The molecule has 1 aromatic heterocycles. The first-order valence-corrected chi connectivity index (χ1v) is 9.02. The van der Waals surface area contributed by atoms with E-state index in [0.717, 1.165) is 68.2 Å². The van der Waals surface area contributed by atoms with Gasteiger partial charge in [0.25, 0.3) is 0 Å². The Labute approximate surface area is 153 Å². The summed E-state index contributed by atoms with van der Waals surface area (Å²) >= 11 is 0. The number of ether oxygens (including phenoxy) is 3. The Morgan fingerprint density at radius 3 is 2.27 bits per heavy atom. The average Bonchev–Trinajstić information content (AvgIpc) is 2.75. The van der Waals surface area contributed by atoms with Crippen LogP contribution in [0.3, 0.4) is 0 Å². The van der Waals surface area contributed by atoms with Gasteiger partial charge in [-0.2, -0.15) is 4.98 Å². The molecule has 0 atom stereocenters. The second kappa shape index (κ2) is 7.88. The Bertz CT molecular complexity index is 707. The summed E-state index contributed by atoms with van der Waals surface area (Å²) in [6, 6.07) is 10.0. The van der Waals surface area contributed by atoms with Crippen molar-refractivity contribution in [2.75, 3.05) is 69.5 Å². The van der Waals surface area contributed by atoms with Crippen molar-refractivity contribution in [2.24, 2.45) is 0 Å². The Hall–Kier alpha value is -2.38. The zero-order valence-corrected chi connectivity index (χ0v) is 15.1. The quantitative estimate of drug-likeness (QED) is 0.828. The molecule has 7 nitrogen and oxygen atoms in total. The van der Waals surface area contributed by atoms with E-state index < -0.39 is 0 Å². The smallest absolute Gasteiger partial charge is 0.228 e. The van der Waals surface area contributed by atoms with Gasteiger partial charge in [0.15, 0.2) is 0 Å². The molecule has 26 heavy (non-hydrogen) atoms. The van der Waals surface area contributed by atoms with Crippen LogP contribution in [0.5, 0.6) is 5.75 Å². The average molecular weight is 356 g/mol. The fourth-order valence-electron chi connectivity index (χ4n) is 3.21. The minimum atomic E-state index is 0.708. The fourth-order valence-corrected chi connectivity index (χ4v) is 3.21. The van der Waals surface area contributed by atoms with E-state index in [4.69, 9.17) is 24.2 Å². The van der Waals surface area contributed by atoms with E-state index in [0.29, 0.717) is 13.2 Å². The highest BCUT2D eigenvalue weighted by Crippen LogP contribution is 2.28. The number of hydrogen-bond acceptors (Lipinski definition) is 7. The number of rotatable bonds is 4. The molecule has 0 amide bonds. The van der Waals surface area contributed by atoms with E-state index in [-0.39, 0.29) is 0 Å². The minimum Gasteiger partial charge on any atom is -0.497 e. The molecule has 0 spiro atoms. The first-order chi connectivity index (χ1) is 12.8. The van der Waals surface area contributed by atoms with Gasteiger partial charge in [-0.25, -0.2) is 4.98 Å². The van der Waals surface area contributed by atoms with E-state index >= 15 is 0 Å². The summed E-state index contributed by atoms with van der Waals surface area (Å²) in [4.78, 5) is 14.1. The molecule has 2 fully saturated rings. The Morgan fingerprint density at radius 2 is 1.58 bits per heavy atom. The summed E-state index contributed by atoms with van der Waals surface area (Å²) in [7, 11) is 1.68. The molecule has 0 aliphatic carbocycles. The van der Waals surface area contributed by atoms with E-state index in [1.807, 2.05) is 18.2 Å². The number of methoxy groups -OCH3 is 1. The molecule has 3 heterocycles. The Kier molecular flexibility index (Phi) is 5.17. The van der Waals surface area contributed by atoms with Crippen LogP contribution in [0.25, 0.3) is 11.3 Å². The van der Waals surface area contributed by atoms with Crippen LogP contribution in [0.2, 0.25) is 0 Å². The number of hydrogen-bond donors (Lipinski definition) is 0. The lowest BCUT2D eigenvalue weighted by Crippen LogP contribution is -2.39. The zero-order valence-electron chi connectivity index (χ0n) is 15.1. The van der Waals surface area contributed by atoms with Crippen molar-refractivity contribution in [3.8, 4) is 17.0 Å². The second-order valence-electron chi connectivity index (χ2n) is 6.34. The first-order valence-electron chi connectivity index (χ1n) is 9.02. The van der Waals surface area contributed by atoms with Crippen LogP contribution in [-0.4, -0.2) is 69.7 Å². The number of anilines is 2. The molecule has 2 aliphatic heterocycles. The lowest BCUT2D eigenvalue weighted by molar-refractivity contribution is 0.121. The maximum absolute atomic E-state index is 5.48. The topological polar surface area (TPSA) is 60.0 Å². The molecule has 0 unspecified atom stereocenters. The molecule has 2 aromatic rings. The maximum Gasteiger partial charge on any atom is 0.228 e. The molecule has 0 radical (unpaired) electrons. The van der Waals surface area contributed by atoms with Crippen molar-refractivity contribution in [1.82, 2.24) is 9.97 Å². The van der Waals surface area contributed by atoms with Gasteiger partial charge < -0.3 is 24.0 Å². The van der Waals surface area contributed by atoms with Crippen molar-refractivity contribution >= 4 is 11.8 Å². The van der Waals surface area contributed by atoms with Gasteiger partial charge in [-0.15, -0.1) is 0 Å². The predicted molar refractivity (Wildman–Crippen MR) is 100 cm³/mol. The lowest BCUT2D eigenvalue weighted by atomic mass is 10.1. The third-order valence-corrected chi connectivity index (χ3v) is 4.70. The van der Waals surface area contributed by atoms with Gasteiger partial charge in [0.1, 0.15) is 11.6 Å². The maximum atomic E-state index is 5.48. The molecule has 1 aromatic carbocycles. The third kappa shape index (κ3) is 3.73. The predicted octanol–water partition coefficient (Wildman–Crippen LogP) is 1.83. The number of aromatic nitrogens is 2. The lowest BCUT2D eigenvalue weighted by Gasteiger charge is -2.31. The van der Waals surface area contributed by atoms with E-state index in [2.05, 4.69) is 21.9 Å².